The minimum atomic E-state index is -0.217. The molecule has 2 aromatic heterocycles. The Balaban J connectivity index is 1.41. The van der Waals surface area contributed by atoms with Crippen LogP contribution in [0.3, 0.4) is 0 Å². The molecule has 1 saturated heterocycles. The first-order chi connectivity index (χ1) is 14.3. The van der Waals surface area contributed by atoms with Gasteiger partial charge in [0, 0.05) is 56.4 Å². The summed E-state index contributed by atoms with van der Waals surface area (Å²) >= 11 is 0. The molecular formula is C22H28N6O2. The third-order valence-electron chi connectivity index (χ3n) is 6.10. The number of hydrogen-bond acceptors (Lipinski definition) is 5. The third kappa shape index (κ3) is 3.75. The van der Waals surface area contributed by atoms with E-state index in [2.05, 4.69) is 22.0 Å². The summed E-state index contributed by atoms with van der Waals surface area (Å²) in [5.74, 6) is -0.0623. The maximum absolute atomic E-state index is 12.8. The van der Waals surface area contributed by atoms with Crippen molar-refractivity contribution in [1.82, 2.24) is 29.4 Å². The van der Waals surface area contributed by atoms with Crippen molar-refractivity contribution >= 4 is 16.7 Å². The molecule has 1 fully saturated rings. The Morgan fingerprint density at radius 3 is 2.27 bits per heavy atom. The molecule has 0 radical (unpaired) electrons. The van der Waals surface area contributed by atoms with Crippen LogP contribution in [0, 0.1) is 20.8 Å². The van der Waals surface area contributed by atoms with Crippen molar-refractivity contribution in [2.75, 3.05) is 26.2 Å². The highest BCUT2D eigenvalue weighted by Crippen LogP contribution is 2.16. The summed E-state index contributed by atoms with van der Waals surface area (Å²) in [6.07, 6.45) is 0. The maximum Gasteiger partial charge on any atom is 0.275 e. The Bertz CT molecular complexity index is 1150. The zero-order valence-corrected chi connectivity index (χ0v) is 18.1. The summed E-state index contributed by atoms with van der Waals surface area (Å²) in [6, 6.07) is 7.39. The van der Waals surface area contributed by atoms with Gasteiger partial charge >= 0.3 is 0 Å². The summed E-state index contributed by atoms with van der Waals surface area (Å²) < 4.78 is 3.22. The minimum Gasteiger partial charge on any atom is -0.339 e. The van der Waals surface area contributed by atoms with E-state index in [0.717, 1.165) is 36.4 Å². The zero-order chi connectivity index (χ0) is 21.4. The number of amides is 1. The van der Waals surface area contributed by atoms with E-state index in [4.69, 9.17) is 0 Å². The zero-order valence-electron chi connectivity index (χ0n) is 18.1. The number of hydrogen-bond donors (Lipinski definition) is 0. The molecule has 0 spiro atoms. The average molecular weight is 409 g/mol. The SMILES string of the molecule is Cc1nn(C)c(C)c1CN1CCN(C(=O)Cn2nc(C)c3ccccc3c2=O)CC1. The van der Waals surface area contributed by atoms with E-state index in [1.807, 2.05) is 48.7 Å². The summed E-state index contributed by atoms with van der Waals surface area (Å²) in [6.45, 7) is 9.73. The fraction of sp³-hybridized carbons (Fsp3) is 0.455. The van der Waals surface area contributed by atoms with Crippen LogP contribution in [0.4, 0.5) is 0 Å². The standard InChI is InChI=1S/C22H28N6O2/c1-15-18-7-5-6-8-19(18)22(30)28(24-15)14-21(29)27-11-9-26(10-12-27)13-20-16(2)23-25(4)17(20)3/h5-8H,9-14H2,1-4H3. The molecule has 1 amide bonds. The van der Waals surface area contributed by atoms with Crippen molar-refractivity contribution in [3.63, 3.8) is 0 Å². The Morgan fingerprint density at radius 1 is 0.967 bits per heavy atom. The fourth-order valence-electron chi connectivity index (χ4n) is 4.17. The van der Waals surface area contributed by atoms with Crippen molar-refractivity contribution in [1.29, 1.82) is 0 Å². The Kier molecular flexibility index (Phi) is 5.42. The molecule has 8 nitrogen and oxygen atoms in total. The lowest BCUT2D eigenvalue weighted by molar-refractivity contribution is -0.133. The predicted molar refractivity (Wildman–Crippen MR) is 115 cm³/mol. The van der Waals surface area contributed by atoms with E-state index in [1.165, 1.54) is 15.9 Å². The second-order valence-electron chi connectivity index (χ2n) is 8.02. The first-order valence-electron chi connectivity index (χ1n) is 10.3. The van der Waals surface area contributed by atoms with Gasteiger partial charge in [-0.05, 0) is 26.8 Å². The molecular weight excluding hydrogens is 380 g/mol. The molecule has 3 aromatic rings. The number of benzene rings is 1. The molecule has 0 bridgehead atoms. The van der Waals surface area contributed by atoms with E-state index in [9.17, 15) is 9.59 Å². The van der Waals surface area contributed by atoms with Gasteiger partial charge in [-0.2, -0.15) is 10.2 Å². The highest BCUT2D eigenvalue weighted by atomic mass is 16.2. The summed E-state index contributed by atoms with van der Waals surface area (Å²) in [5, 5.41) is 10.3. The first kappa shape index (κ1) is 20.3. The molecule has 1 aliphatic heterocycles. The Morgan fingerprint density at radius 2 is 1.63 bits per heavy atom. The molecule has 158 valence electrons. The van der Waals surface area contributed by atoms with Gasteiger partial charge in [-0.3, -0.25) is 19.2 Å². The molecule has 0 saturated carbocycles. The summed E-state index contributed by atoms with van der Waals surface area (Å²) in [5.41, 5.74) is 4.05. The van der Waals surface area contributed by atoms with Gasteiger partial charge < -0.3 is 4.90 Å². The van der Waals surface area contributed by atoms with Gasteiger partial charge in [0.1, 0.15) is 6.54 Å². The van der Waals surface area contributed by atoms with Crippen LogP contribution in [0.1, 0.15) is 22.6 Å². The topological polar surface area (TPSA) is 76.3 Å². The lowest BCUT2D eigenvalue weighted by Crippen LogP contribution is -2.49. The number of carbonyl (C=O) groups excluding carboxylic acids is 1. The Hall–Kier alpha value is -3.00. The number of nitrogens with zero attached hydrogens (tertiary/aromatic N) is 6. The average Bonchev–Trinajstić information content (AvgIpc) is 2.98. The number of carbonyl (C=O) groups is 1. The normalized spacial score (nSPS) is 15.1. The number of fused-ring (bicyclic) bond motifs is 1. The highest BCUT2D eigenvalue weighted by molar-refractivity contribution is 5.83. The number of piperazine rings is 1. The van der Waals surface area contributed by atoms with Gasteiger partial charge in [0.15, 0.2) is 0 Å². The molecule has 30 heavy (non-hydrogen) atoms. The number of rotatable bonds is 4. The largest absolute Gasteiger partial charge is 0.339 e. The van der Waals surface area contributed by atoms with E-state index >= 15 is 0 Å². The number of aromatic nitrogens is 4. The summed E-state index contributed by atoms with van der Waals surface area (Å²) in [7, 11) is 1.97. The van der Waals surface area contributed by atoms with Crippen LogP contribution in [-0.2, 0) is 24.9 Å². The van der Waals surface area contributed by atoms with Crippen molar-refractivity contribution in [3.05, 3.63) is 57.3 Å². The van der Waals surface area contributed by atoms with E-state index in [-0.39, 0.29) is 18.0 Å². The van der Waals surface area contributed by atoms with Gasteiger partial charge in [-0.1, -0.05) is 18.2 Å². The van der Waals surface area contributed by atoms with Crippen molar-refractivity contribution in [3.8, 4) is 0 Å². The number of aryl methyl sites for hydroxylation is 3. The van der Waals surface area contributed by atoms with Crippen LogP contribution in [0.2, 0.25) is 0 Å². The molecule has 4 rings (SSSR count). The smallest absolute Gasteiger partial charge is 0.275 e. The maximum atomic E-state index is 12.8. The predicted octanol–water partition coefficient (Wildman–Crippen LogP) is 1.40. The fourth-order valence-corrected chi connectivity index (χ4v) is 4.17. The molecule has 1 aliphatic rings. The van der Waals surface area contributed by atoms with Crippen LogP contribution in [-0.4, -0.2) is 61.4 Å². The quantitative estimate of drug-likeness (QED) is 0.652. The lowest BCUT2D eigenvalue weighted by atomic mass is 10.1. The van der Waals surface area contributed by atoms with Crippen molar-refractivity contribution in [2.45, 2.75) is 33.9 Å². The van der Waals surface area contributed by atoms with Crippen LogP contribution >= 0.6 is 0 Å². The van der Waals surface area contributed by atoms with Gasteiger partial charge in [-0.15, -0.1) is 0 Å². The molecule has 0 aliphatic carbocycles. The first-order valence-corrected chi connectivity index (χ1v) is 10.3. The third-order valence-corrected chi connectivity index (χ3v) is 6.10. The van der Waals surface area contributed by atoms with Crippen LogP contribution in [0.25, 0.3) is 10.8 Å². The van der Waals surface area contributed by atoms with E-state index in [1.54, 1.807) is 6.07 Å². The van der Waals surface area contributed by atoms with Crippen LogP contribution < -0.4 is 5.56 Å². The molecule has 3 heterocycles. The molecule has 0 N–H and O–H groups in total. The van der Waals surface area contributed by atoms with Crippen molar-refractivity contribution < 1.29 is 4.79 Å². The van der Waals surface area contributed by atoms with E-state index < -0.39 is 0 Å². The minimum absolute atomic E-state index is 0.0225. The van der Waals surface area contributed by atoms with Crippen molar-refractivity contribution in [2.24, 2.45) is 7.05 Å². The summed E-state index contributed by atoms with van der Waals surface area (Å²) in [4.78, 5) is 29.8. The van der Waals surface area contributed by atoms with Crippen LogP contribution in [0.5, 0.6) is 0 Å². The Labute approximate surface area is 175 Å². The monoisotopic (exact) mass is 408 g/mol. The molecule has 8 heteroatoms. The van der Waals surface area contributed by atoms with Gasteiger partial charge in [0.05, 0.1) is 16.8 Å². The van der Waals surface area contributed by atoms with Gasteiger partial charge in [0.2, 0.25) is 5.91 Å². The molecule has 0 atom stereocenters. The van der Waals surface area contributed by atoms with E-state index in [0.29, 0.717) is 18.5 Å². The second kappa shape index (κ2) is 8.02. The second-order valence-corrected chi connectivity index (χ2v) is 8.02. The van der Waals surface area contributed by atoms with Gasteiger partial charge in [-0.25, -0.2) is 4.68 Å². The molecule has 0 unspecified atom stereocenters. The van der Waals surface area contributed by atoms with Gasteiger partial charge in [0.25, 0.3) is 5.56 Å². The lowest BCUT2D eigenvalue weighted by Gasteiger charge is -2.34. The molecule has 1 aromatic carbocycles. The highest BCUT2D eigenvalue weighted by Gasteiger charge is 2.23. The van der Waals surface area contributed by atoms with Crippen LogP contribution in [0.15, 0.2) is 29.1 Å².